The zero-order valence-electron chi connectivity index (χ0n) is 11.8. The van der Waals surface area contributed by atoms with E-state index in [0.29, 0.717) is 22.4 Å². The van der Waals surface area contributed by atoms with E-state index in [1.54, 1.807) is 25.1 Å². The Hall–Kier alpha value is -2.25. The number of hydrogen-bond donors (Lipinski definition) is 2. The number of carbonyl (C=O) groups is 1. The number of halogens is 1. The third-order valence-corrected chi connectivity index (χ3v) is 3.71. The Morgan fingerprint density at radius 1 is 1.23 bits per heavy atom. The molecule has 0 aliphatic carbocycles. The molecule has 0 aromatic heterocycles. The Morgan fingerprint density at radius 2 is 1.95 bits per heavy atom. The topological polar surface area (TPSA) is 89.3 Å². The predicted octanol–water partition coefficient (Wildman–Crippen LogP) is 2.17. The number of primary sulfonamides is 1. The summed E-state index contributed by atoms with van der Waals surface area (Å²) in [7, 11) is -3.66. The van der Waals surface area contributed by atoms with Gasteiger partial charge in [-0.25, -0.2) is 17.9 Å². The minimum atomic E-state index is -3.66. The van der Waals surface area contributed by atoms with E-state index in [1.165, 1.54) is 24.3 Å². The molecule has 116 valence electrons. The average Bonchev–Trinajstić information content (AvgIpc) is 2.41. The molecular formula is C15H15FN2O3S. The molecule has 0 radical (unpaired) electrons. The summed E-state index contributed by atoms with van der Waals surface area (Å²) in [4.78, 5) is 12.1. The SMILES string of the molecule is Cc1cc(NC(=O)c2cccc(CS(N)(=O)=O)c2)ccc1F. The van der Waals surface area contributed by atoms with Gasteiger partial charge >= 0.3 is 0 Å². The Labute approximate surface area is 128 Å². The molecule has 0 spiro atoms. The zero-order valence-corrected chi connectivity index (χ0v) is 12.7. The van der Waals surface area contributed by atoms with Crippen molar-refractivity contribution < 1.29 is 17.6 Å². The Balaban J connectivity index is 2.19. The minimum Gasteiger partial charge on any atom is -0.322 e. The van der Waals surface area contributed by atoms with Crippen LogP contribution in [0.3, 0.4) is 0 Å². The maximum atomic E-state index is 13.2. The molecule has 3 N–H and O–H groups in total. The summed E-state index contributed by atoms with van der Waals surface area (Å²) in [6.07, 6.45) is 0. The van der Waals surface area contributed by atoms with Crippen molar-refractivity contribution in [3.63, 3.8) is 0 Å². The molecule has 0 heterocycles. The van der Waals surface area contributed by atoms with Gasteiger partial charge in [0.05, 0.1) is 5.75 Å². The molecule has 0 unspecified atom stereocenters. The van der Waals surface area contributed by atoms with E-state index >= 15 is 0 Å². The number of hydrogen-bond acceptors (Lipinski definition) is 3. The third kappa shape index (κ3) is 4.37. The van der Waals surface area contributed by atoms with Gasteiger partial charge in [-0.1, -0.05) is 12.1 Å². The lowest BCUT2D eigenvalue weighted by Crippen LogP contribution is -2.16. The van der Waals surface area contributed by atoms with E-state index in [0.717, 1.165) is 0 Å². The van der Waals surface area contributed by atoms with E-state index in [9.17, 15) is 17.6 Å². The second-order valence-corrected chi connectivity index (χ2v) is 6.54. The zero-order chi connectivity index (χ0) is 16.3. The van der Waals surface area contributed by atoms with Crippen molar-refractivity contribution in [3.05, 3.63) is 65.0 Å². The normalized spacial score (nSPS) is 11.2. The van der Waals surface area contributed by atoms with Crippen LogP contribution < -0.4 is 10.5 Å². The lowest BCUT2D eigenvalue weighted by atomic mass is 10.1. The van der Waals surface area contributed by atoms with Gasteiger partial charge in [0.2, 0.25) is 10.0 Å². The first-order chi connectivity index (χ1) is 10.2. The molecule has 0 fully saturated rings. The minimum absolute atomic E-state index is 0.295. The van der Waals surface area contributed by atoms with Crippen LogP contribution in [0.5, 0.6) is 0 Å². The maximum absolute atomic E-state index is 13.2. The molecule has 7 heteroatoms. The summed E-state index contributed by atoms with van der Waals surface area (Å²) in [5.41, 5.74) is 1.59. The molecular weight excluding hydrogens is 307 g/mol. The maximum Gasteiger partial charge on any atom is 0.255 e. The predicted molar refractivity (Wildman–Crippen MR) is 82.3 cm³/mol. The summed E-state index contributed by atoms with van der Waals surface area (Å²) in [5.74, 6) is -1.11. The number of anilines is 1. The highest BCUT2D eigenvalue weighted by Crippen LogP contribution is 2.15. The molecule has 5 nitrogen and oxygen atoms in total. The fourth-order valence-corrected chi connectivity index (χ4v) is 2.60. The number of nitrogens with one attached hydrogen (secondary N) is 1. The number of rotatable bonds is 4. The first-order valence-electron chi connectivity index (χ1n) is 6.41. The number of nitrogens with two attached hydrogens (primary N) is 1. The van der Waals surface area contributed by atoms with Crippen LogP contribution in [-0.4, -0.2) is 14.3 Å². The van der Waals surface area contributed by atoms with Gasteiger partial charge in [-0.3, -0.25) is 4.79 Å². The second kappa shape index (κ2) is 6.25. The molecule has 0 bridgehead atoms. The highest BCUT2D eigenvalue weighted by atomic mass is 32.2. The molecule has 0 aliphatic heterocycles. The van der Waals surface area contributed by atoms with Crippen LogP contribution in [0.15, 0.2) is 42.5 Å². The Bertz CT molecular complexity index is 819. The summed E-state index contributed by atoms with van der Waals surface area (Å²) in [6.45, 7) is 1.59. The lowest BCUT2D eigenvalue weighted by molar-refractivity contribution is 0.102. The highest BCUT2D eigenvalue weighted by Gasteiger charge is 2.10. The van der Waals surface area contributed by atoms with Crippen molar-refractivity contribution in [2.24, 2.45) is 5.14 Å². The van der Waals surface area contributed by atoms with Gasteiger partial charge < -0.3 is 5.32 Å². The van der Waals surface area contributed by atoms with Crippen LogP contribution in [0.4, 0.5) is 10.1 Å². The molecule has 22 heavy (non-hydrogen) atoms. The van der Waals surface area contributed by atoms with Gasteiger partial charge in [0.1, 0.15) is 5.82 Å². The van der Waals surface area contributed by atoms with Crippen molar-refractivity contribution in [3.8, 4) is 0 Å². The Kier molecular flexibility index (Phi) is 4.58. The standard InChI is InChI=1S/C15H15FN2O3S/c1-10-7-13(5-6-14(10)16)18-15(19)12-4-2-3-11(8-12)9-22(17,20)21/h2-8H,9H2,1H3,(H,18,19)(H2,17,20,21). The quantitative estimate of drug-likeness (QED) is 0.904. The van der Waals surface area contributed by atoms with Crippen molar-refractivity contribution in [1.29, 1.82) is 0 Å². The van der Waals surface area contributed by atoms with Gasteiger partial charge in [-0.2, -0.15) is 0 Å². The third-order valence-electron chi connectivity index (χ3n) is 2.97. The number of benzene rings is 2. The lowest BCUT2D eigenvalue weighted by Gasteiger charge is -2.08. The molecule has 0 saturated carbocycles. The Morgan fingerprint density at radius 3 is 2.59 bits per heavy atom. The van der Waals surface area contributed by atoms with Gasteiger partial charge in [0.25, 0.3) is 5.91 Å². The van der Waals surface area contributed by atoms with E-state index < -0.39 is 15.9 Å². The second-order valence-electron chi connectivity index (χ2n) is 4.93. The molecule has 2 aromatic rings. The van der Waals surface area contributed by atoms with Crippen molar-refractivity contribution in [1.82, 2.24) is 0 Å². The summed E-state index contributed by atoms with van der Waals surface area (Å²) in [5, 5.41) is 7.61. The van der Waals surface area contributed by atoms with E-state index in [2.05, 4.69) is 5.32 Å². The summed E-state index contributed by atoms with van der Waals surface area (Å²) in [6, 6.07) is 10.4. The van der Waals surface area contributed by atoms with Crippen LogP contribution in [0, 0.1) is 12.7 Å². The number of sulfonamides is 1. The molecule has 1 amide bonds. The fraction of sp³-hybridized carbons (Fsp3) is 0.133. The van der Waals surface area contributed by atoms with Gasteiger partial charge in [-0.15, -0.1) is 0 Å². The van der Waals surface area contributed by atoms with Gasteiger partial charge in [0.15, 0.2) is 0 Å². The first-order valence-corrected chi connectivity index (χ1v) is 8.13. The smallest absolute Gasteiger partial charge is 0.255 e. The van der Waals surface area contributed by atoms with Crippen LogP contribution in [0.2, 0.25) is 0 Å². The monoisotopic (exact) mass is 322 g/mol. The largest absolute Gasteiger partial charge is 0.322 e. The van der Waals surface area contributed by atoms with Crippen LogP contribution >= 0.6 is 0 Å². The van der Waals surface area contributed by atoms with Crippen molar-refractivity contribution in [2.75, 3.05) is 5.32 Å². The van der Waals surface area contributed by atoms with E-state index in [4.69, 9.17) is 5.14 Å². The number of amides is 1. The highest BCUT2D eigenvalue weighted by molar-refractivity contribution is 7.88. The van der Waals surface area contributed by atoms with Crippen LogP contribution in [-0.2, 0) is 15.8 Å². The molecule has 0 saturated heterocycles. The summed E-state index contributed by atoms with van der Waals surface area (Å²) >= 11 is 0. The van der Waals surface area contributed by atoms with Crippen LogP contribution in [0.25, 0.3) is 0 Å². The number of aryl methyl sites for hydroxylation is 1. The van der Waals surface area contributed by atoms with Gasteiger partial charge in [0, 0.05) is 11.3 Å². The molecule has 0 aliphatic rings. The van der Waals surface area contributed by atoms with Crippen molar-refractivity contribution in [2.45, 2.75) is 12.7 Å². The average molecular weight is 322 g/mol. The van der Waals surface area contributed by atoms with Gasteiger partial charge in [-0.05, 0) is 48.4 Å². The molecule has 0 atom stereocenters. The first kappa shape index (κ1) is 16.1. The summed E-state index contributed by atoms with van der Waals surface area (Å²) < 4.78 is 35.4. The van der Waals surface area contributed by atoms with Crippen LogP contribution in [0.1, 0.15) is 21.5 Å². The molecule has 2 aromatic carbocycles. The molecule has 2 rings (SSSR count). The number of carbonyl (C=O) groups excluding carboxylic acids is 1. The van der Waals surface area contributed by atoms with E-state index in [-0.39, 0.29) is 11.6 Å². The van der Waals surface area contributed by atoms with E-state index in [1.807, 2.05) is 0 Å². The fourth-order valence-electron chi connectivity index (χ4n) is 1.96. The van der Waals surface area contributed by atoms with Crippen molar-refractivity contribution >= 4 is 21.6 Å².